The molecule has 1 amide bonds. The molecule has 194 valence electrons. The van der Waals surface area contributed by atoms with Gasteiger partial charge in [0.25, 0.3) is 11.9 Å². The average Bonchev–Trinajstić information content (AvgIpc) is 3.61. The number of benzene rings is 3. The molecule has 9 nitrogen and oxygen atoms in total. The summed E-state index contributed by atoms with van der Waals surface area (Å²) in [5, 5.41) is 17.5. The van der Waals surface area contributed by atoms with Crippen LogP contribution in [0.2, 0.25) is 0 Å². The third-order valence-corrected chi connectivity index (χ3v) is 7.59. The van der Waals surface area contributed by atoms with Crippen molar-refractivity contribution in [3.63, 3.8) is 0 Å². The van der Waals surface area contributed by atoms with Crippen LogP contribution in [0.4, 0.5) is 17.2 Å². The minimum absolute atomic E-state index is 0.0671. The molecule has 0 N–H and O–H groups in total. The van der Waals surface area contributed by atoms with Crippen LogP contribution in [-0.4, -0.2) is 33.2 Å². The first-order valence-corrected chi connectivity index (χ1v) is 13.2. The van der Waals surface area contributed by atoms with Crippen molar-refractivity contribution in [1.82, 2.24) is 14.8 Å². The van der Waals surface area contributed by atoms with E-state index in [4.69, 9.17) is 10.1 Å². The Labute approximate surface area is 226 Å². The van der Waals surface area contributed by atoms with E-state index < -0.39 is 5.54 Å². The monoisotopic (exact) mass is 516 g/mol. The van der Waals surface area contributed by atoms with E-state index >= 15 is 0 Å². The van der Waals surface area contributed by atoms with E-state index in [0.717, 1.165) is 40.3 Å². The van der Waals surface area contributed by atoms with Crippen LogP contribution in [0.1, 0.15) is 37.1 Å². The third-order valence-electron chi connectivity index (χ3n) is 7.59. The number of hydrogen-bond donors (Lipinski definition) is 0. The summed E-state index contributed by atoms with van der Waals surface area (Å²) < 4.78 is 1.82. The minimum Gasteiger partial charge on any atom is -0.309 e. The normalized spacial score (nSPS) is 19.1. The summed E-state index contributed by atoms with van der Waals surface area (Å²) in [4.78, 5) is 21.9. The van der Waals surface area contributed by atoms with Gasteiger partial charge in [0, 0.05) is 12.1 Å². The number of aryl methyl sites for hydroxylation is 1. The maximum absolute atomic E-state index is 14.9. The lowest BCUT2D eigenvalue weighted by atomic mass is 9.82. The van der Waals surface area contributed by atoms with Crippen LogP contribution < -0.4 is 9.91 Å². The Morgan fingerprint density at radius 1 is 0.846 bits per heavy atom. The molecular formula is C30H28N8O. The molecular weight excluding hydrogens is 488 g/mol. The van der Waals surface area contributed by atoms with Gasteiger partial charge in [0.15, 0.2) is 5.82 Å². The molecule has 3 aliphatic heterocycles. The van der Waals surface area contributed by atoms with Crippen LogP contribution in [0.25, 0.3) is 5.69 Å². The van der Waals surface area contributed by atoms with E-state index in [1.54, 1.807) is 10.0 Å². The highest BCUT2D eigenvalue weighted by Crippen LogP contribution is 2.55. The molecule has 0 saturated heterocycles. The van der Waals surface area contributed by atoms with Gasteiger partial charge in [-0.05, 0) is 60.0 Å². The van der Waals surface area contributed by atoms with Crippen molar-refractivity contribution in [1.29, 1.82) is 0 Å². The summed E-state index contributed by atoms with van der Waals surface area (Å²) >= 11 is 0. The Bertz CT molecular complexity index is 1640. The quantitative estimate of drug-likeness (QED) is 0.330. The predicted molar refractivity (Wildman–Crippen MR) is 150 cm³/mol. The van der Waals surface area contributed by atoms with Gasteiger partial charge in [0.1, 0.15) is 0 Å². The summed E-state index contributed by atoms with van der Waals surface area (Å²) in [7, 11) is 0. The SMILES string of the molecule is Cc1nn(-c2ccccc2)c2c1[C@@]1(C(=O)N(CCC(C)C)c3ccccc31)N1N=NN(c3ccccc3)C1=N2. The second kappa shape index (κ2) is 8.62. The number of aromatic nitrogens is 2. The standard InChI is InChI=1S/C30H28N8O/c1-20(2)18-19-35-25-17-11-10-16-24(25)30(28(35)39)26-21(3)32-36(22-12-6-4-7-13-22)27(26)31-29-37(33-34-38(29)30)23-14-8-5-9-15-23/h4-17,20H,18-19H2,1-3H3/t30-/m0/s1. The van der Waals surface area contributed by atoms with Gasteiger partial charge in [-0.1, -0.05) is 68.4 Å². The smallest absolute Gasteiger partial charge is 0.264 e. The molecule has 3 aliphatic rings. The molecule has 4 aromatic rings. The third kappa shape index (κ3) is 3.22. The fourth-order valence-corrected chi connectivity index (χ4v) is 5.78. The van der Waals surface area contributed by atoms with E-state index in [1.807, 2.05) is 101 Å². The van der Waals surface area contributed by atoms with E-state index in [2.05, 4.69) is 24.3 Å². The molecule has 0 aliphatic carbocycles. The molecule has 39 heavy (non-hydrogen) atoms. The molecule has 7 rings (SSSR count). The van der Waals surface area contributed by atoms with E-state index in [9.17, 15) is 4.79 Å². The van der Waals surface area contributed by atoms with Gasteiger partial charge in [-0.25, -0.2) is 4.68 Å². The first-order valence-electron chi connectivity index (χ1n) is 13.2. The zero-order valence-electron chi connectivity index (χ0n) is 22.1. The number of aliphatic imine (C=N–C) groups is 1. The summed E-state index contributed by atoms with van der Waals surface area (Å²) in [6.07, 6.45) is 0.879. The number of guanidine groups is 1. The molecule has 1 spiro atoms. The predicted octanol–water partition coefficient (Wildman–Crippen LogP) is 5.92. The lowest BCUT2D eigenvalue weighted by Gasteiger charge is -2.38. The van der Waals surface area contributed by atoms with Gasteiger partial charge in [-0.3, -0.25) is 4.79 Å². The molecule has 0 bridgehead atoms. The molecule has 1 atom stereocenters. The number of fused-ring (bicyclic) bond motifs is 6. The molecule has 1 aromatic heterocycles. The van der Waals surface area contributed by atoms with Gasteiger partial charge < -0.3 is 4.90 Å². The van der Waals surface area contributed by atoms with Crippen molar-refractivity contribution >= 4 is 29.1 Å². The second-order valence-electron chi connectivity index (χ2n) is 10.4. The van der Waals surface area contributed by atoms with Gasteiger partial charge in [0.05, 0.1) is 28.3 Å². The first kappa shape index (κ1) is 23.3. The maximum Gasteiger partial charge on any atom is 0.264 e. The Balaban J connectivity index is 1.51. The minimum atomic E-state index is -1.29. The number of amides is 1. The zero-order valence-corrected chi connectivity index (χ0v) is 22.1. The molecule has 4 heterocycles. The number of hydrogen-bond acceptors (Lipinski definition) is 7. The number of carbonyl (C=O) groups excluding carboxylic acids is 1. The van der Waals surface area contributed by atoms with Crippen molar-refractivity contribution in [2.75, 3.05) is 16.5 Å². The van der Waals surface area contributed by atoms with Crippen LogP contribution >= 0.6 is 0 Å². The Kier molecular flexibility index (Phi) is 5.16. The van der Waals surface area contributed by atoms with E-state index in [-0.39, 0.29) is 5.91 Å². The largest absolute Gasteiger partial charge is 0.309 e. The average molecular weight is 517 g/mol. The highest BCUT2D eigenvalue weighted by molar-refractivity contribution is 6.15. The Morgan fingerprint density at radius 3 is 2.23 bits per heavy atom. The van der Waals surface area contributed by atoms with Crippen molar-refractivity contribution < 1.29 is 4.79 Å². The van der Waals surface area contributed by atoms with Crippen LogP contribution in [0.3, 0.4) is 0 Å². The van der Waals surface area contributed by atoms with Crippen LogP contribution in [0.15, 0.2) is 100 Å². The van der Waals surface area contributed by atoms with Crippen molar-refractivity contribution in [3.05, 3.63) is 102 Å². The van der Waals surface area contributed by atoms with Gasteiger partial charge in [-0.15, -0.1) is 0 Å². The number of anilines is 2. The highest BCUT2D eigenvalue weighted by atomic mass is 16.2. The molecule has 0 radical (unpaired) electrons. The Morgan fingerprint density at radius 2 is 1.51 bits per heavy atom. The lowest BCUT2D eigenvalue weighted by Crippen LogP contribution is -2.56. The topological polar surface area (TPSA) is 81.7 Å². The fraction of sp³-hybridized carbons (Fsp3) is 0.233. The molecule has 9 heteroatoms. The second-order valence-corrected chi connectivity index (χ2v) is 10.4. The van der Waals surface area contributed by atoms with E-state index in [0.29, 0.717) is 24.2 Å². The number of carbonyl (C=O) groups is 1. The molecule has 3 aromatic carbocycles. The highest BCUT2D eigenvalue weighted by Gasteiger charge is 2.64. The van der Waals surface area contributed by atoms with Crippen LogP contribution in [-0.2, 0) is 10.3 Å². The summed E-state index contributed by atoms with van der Waals surface area (Å²) in [6.45, 7) is 6.89. The number of nitrogens with zero attached hydrogens (tertiary/aromatic N) is 8. The van der Waals surface area contributed by atoms with Crippen molar-refractivity contribution in [2.24, 2.45) is 21.4 Å². The first-order chi connectivity index (χ1) is 19.0. The Hall–Kier alpha value is -4.79. The molecule has 0 saturated carbocycles. The summed E-state index contributed by atoms with van der Waals surface area (Å²) in [5.41, 5.74) is 3.58. The molecule has 0 unspecified atom stereocenters. The lowest BCUT2D eigenvalue weighted by molar-refractivity contribution is -0.125. The molecule has 0 fully saturated rings. The van der Waals surface area contributed by atoms with E-state index in [1.165, 1.54) is 0 Å². The van der Waals surface area contributed by atoms with Crippen LogP contribution in [0.5, 0.6) is 0 Å². The van der Waals surface area contributed by atoms with Gasteiger partial charge in [0.2, 0.25) is 5.54 Å². The van der Waals surface area contributed by atoms with Crippen molar-refractivity contribution in [3.8, 4) is 5.69 Å². The number of rotatable bonds is 5. The fourth-order valence-electron chi connectivity index (χ4n) is 5.78. The maximum atomic E-state index is 14.9. The summed E-state index contributed by atoms with van der Waals surface area (Å²) in [5.74, 6) is 1.44. The summed E-state index contributed by atoms with van der Waals surface area (Å²) in [6, 6.07) is 27.6. The zero-order chi connectivity index (χ0) is 26.7. The van der Waals surface area contributed by atoms with Gasteiger partial charge in [-0.2, -0.15) is 20.1 Å². The van der Waals surface area contributed by atoms with Crippen LogP contribution in [0, 0.1) is 12.8 Å². The van der Waals surface area contributed by atoms with Crippen molar-refractivity contribution in [2.45, 2.75) is 32.7 Å². The van der Waals surface area contributed by atoms with Gasteiger partial charge >= 0.3 is 0 Å². The number of para-hydroxylation sites is 3.